The van der Waals surface area contributed by atoms with Crippen LogP contribution < -0.4 is 5.32 Å². The highest BCUT2D eigenvalue weighted by molar-refractivity contribution is 5.80. The summed E-state index contributed by atoms with van der Waals surface area (Å²) in [6.07, 6.45) is 3.72. The second kappa shape index (κ2) is 5.61. The molecular weight excluding hydrogens is 236 g/mol. The van der Waals surface area contributed by atoms with E-state index in [1.54, 1.807) is 0 Å². The van der Waals surface area contributed by atoms with Crippen LogP contribution in [0.1, 0.15) is 25.1 Å². The van der Waals surface area contributed by atoms with E-state index >= 15 is 0 Å². The molecule has 0 bridgehead atoms. The second-order valence-electron chi connectivity index (χ2n) is 4.52. The number of carbonyl (C=O) groups is 2. The van der Waals surface area contributed by atoms with Crippen LogP contribution in [0.5, 0.6) is 0 Å². The van der Waals surface area contributed by atoms with Gasteiger partial charge < -0.3 is 10.4 Å². The summed E-state index contributed by atoms with van der Waals surface area (Å²) in [5, 5.41) is 18.1. The Morgan fingerprint density at radius 1 is 1.44 bits per heavy atom. The molecule has 2 atom stereocenters. The molecule has 0 saturated heterocycles. The fourth-order valence-corrected chi connectivity index (χ4v) is 2.24. The number of H-pyrrole nitrogens is 1. The molecule has 18 heavy (non-hydrogen) atoms. The summed E-state index contributed by atoms with van der Waals surface area (Å²) in [6.45, 7) is 0.488. The number of carbonyl (C=O) groups excluding carboxylic acids is 1. The molecule has 1 heterocycles. The lowest BCUT2D eigenvalue weighted by atomic mass is 10.0. The van der Waals surface area contributed by atoms with Gasteiger partial charge in [0, 0.05) is 18.9 Å². The minimum absolute atomic E-state index is 0.0572. The summed E-state index contributed by atoms with van der Waals surface area (Å²) in [5.74, 6) is -0.661. The molecule has 1 aromatic rings. The van der Waals surface area contributed by atoms with Crippen LogP contribution in [-0.4, -0.2) is 38.7 Å². The van der Waals surface area contributed by atoms with E-state index in [2.05, 4.69) is 20.5 Å². The molecule has 98 valence electrons. The lowest BCUT2D eigenvalue weighted by molar-refractivity contribution is -0.141. The number of aliphatic carboxylic acids is 1. The number of aromatic amines is 1. The van der Waals surface area contributed by atoms with E-state index in [9.17, 15) is 9.59 Å². The summed E-state index contributed by atoms with van der Waals surface area (Å²) in [7, 11) is 0. The van der Waals surface area contributed by atoms with Gasteiger partial charge in [0.1, 0.15) is 12.2 Å². The SMILES string of the molecule is O=C(O)[C@H]1CC[C@@H](C(=O)NCCc2ncn[nH]2)C1. The fraction of sp³-hybridized carbons (Fsp3) is 0.636. The van der Waals surface area contributed by atoms with Crippen molar-refractivity contribution in [3.63, 3.8) is 0 Å². The number of nitrogens with zero attached hydrogens (tertiary/aromatic N) is 2. The van der Waals surface area contributed by atoms with Gasteiger partial charge in [-0.15, -0.1) is 0 Å². The van der Waals surface area contributed by atoms with E-state index in [-0.39, 0.29) is 17.7 Å². The fourth-order valence-electron chi connectivity index (χ4n) is 2.24. The van der Waals surface area contributed by atoms with Gasteiger partial charge >= 0.3 is 5.97 Å². The standard InChI is InChI=1S/C11H16N4O3/c16-10(7-1-2-8(5-7)11(17)18)12-4-3-9-13-6-14-15-9/h6-8H,1-5H2,(H,12,16)(H,17,18)(H,13,14,15)/t7-,8+/m1/s1. The molecule has 1 amide bonds. The average molecular weight is 252 g/mol. The van der Waals surface area contributed by atoms with Gasteiger partial charge in [-0.1, -0.05) is 0 Å². The van der Waals surface area contributed by atoms with E-state index in [0.29, 0.717) is 32.2 Å². The molecule has 7 heteroatoms. The molecular formula is C11H16N4O3. The number of carboxylic acid groups (broad SMARTS) is 1. The predicted octanol–water partition coefficient (Wildman–Crippen LogP) is -0.0357. The molecule has 1 aliphatic rings. The minimum Gasteiger partial charge on any atom is -0.481 e. The summed E-state index contributed by atoms with van der Waals surface area (Å²) in [5.41, 5.74) is 0. The Labute approximate surface area is 104 Å². The van der Waals surface area contributed by atoms with Crippen molar-refractivity contribution >= 4 is 11.9 Å². The second-order valence-corrected chi connectivity index (χ2v) is 4.52. The summed E-state index contributed by atoms with van der Waals surface area (Å²) < 4.78 is 0. The van der Waals surface area contributed by atoms with E-state index in [1.165, 1.54) is 6.33 Å². The zero-order valence-corrected chi connectivity index (χ0v) is 9.93. The minimum atomic E-state index is -0.799. The maximum Gasteiger partial charge on any atom is 0.306 e. The molecule has 0 spiro atoms. The molecule has 1 fully saturated rings. The maximum absolute atomic E-state index is 11.8. The zero-order chi connectivity index (χ0) is 13.0. The van der Waals surface area contributed by atoms with Crippen molar-refractivity contribution in [1.29, 1.82) is 0 Å². The number of nitrogens with one attached hydrogen (secondary N) is 2. The Balaban J connectivity index is 1.71. The van der Waals surface area contributed by atoms with Crippen molar-refractivity contribution in [3.8, 4) is 0 Å². The van der Waals surface area contributed by atoms with Gasteiger partial charge in [-0.25, -0.2) is 4.98 Å². The topological polar surface area (TPSA) is 108 Å². The first-order valence-electron chi connectivity index (χ1n) is 6.01. The third kappa shape index (κ3) is 3.06. The van der Waals surface area contributed by atoms with Crippen LogP contribution >= 0.6 is 0 Å². The Bertz CT molecular complexity index is 418. The van der Waals surface area contributed by atoms with Gasteiger partial charge in [-0.05, 0) is 19.3 Å². The Hall–Kier alpha value is -1.92. The van der Waals surface area contributed by atoms with Gasteiger partial charge in [-0.3, -0.25) is 14.7 Å². The van der Waals surface area contributed by atoms with Gasteiger partial charge in [0.05, 0.1) is 5.92 Å². The summed E-state index contributed by atoms with van der Waals surface area (Å²) in [6, 6.07) is 0. The molecule has 1 saturated carbocycles. The van der Waals surface area contributed by atoms with Crippen LogP contribution in [0.4, 0.5) is 0 Å². The number of aromatic nitrogens is 3. The quantitative estimate of drug-likeness (QED) is 0.681. The van der Waals surface area contributed by atoms with Gasteiger partial charge in [0.2, 0.25) is 5.91 Å². The molecule has 1 aliphatic carbocycles. The van der Waals surface area contributed by atoms with Crippen molar-refractivity contribution in [2.75, 3.05) is 6.54 Å². The van der Waals surface area contributed by atoms with Crippen molar-refractivity contribution in [1.82, 2.24) is 20.5 Å². The van der Waals surface area contributed by atoms with Crippen LogP contribution in [-0.2, 0) is 16.0 Å². The molecule has 0 unspecified atom stereocenters. The van der Waals surface area contributed by atoms with Crippen molar-refractivity contribution in [2.24, 2.45) is 11.8 Å². The number of hydrogen-bond donors (Lipinski definition) is 3. The van der Waals surface area contributed by atoms with Gasteiger partial charge in [-0.2, -0.15) is 5.10 Å². The van der Waals surface area contributed by atoms with E-state index in [1.807, 2.05) is 0 Å². The smallest absolute Gasteiger partial charge is 0.306 e. The van der Waals surface area contributed by atoms with Crippen molar-refractivity contribution < 1.29 is 14.7 Å². The van der Waals surface area contributed by atoms with Gasteiger partial charge in [0.25, 0.3) is 0 Å². The first-order chi connectivity index (χ1) is 8.66. The first kappa shape index (κ1) is 12.5. The van der Waals surface area contributed by atoms with Gasteiger partial charge in [0.15, 0.2) is 0 Å². The summed E-state index contributed by atoms with van der Waals surface area (Å²) in [4.78, 5) is 26.5. The molecule has 7 nitrogen and oxygen atoms in total. The van der Waals surface area contributed by atoms with Crippen molar-refractivity contribution in [3.05, 3.63) is 12.2 Å². The number of rotatable bonds is 5. The molecule has 0 radical (unpaired) electrons. The van der Waals surface area contributed by atoms with Crippen LogP contribution in [0.15, 0.2) is 6.33 Å². The molecule has 1 aromatic heterocycles. The van der Waals surface area contributed by atoms with Crippen LogP contribution in [0.3, 0.4) is 0 Å². The number of amides is 1. The Kier molecular flexibility index (Phi) is 3.91. The van der Waals surface area contributed by atoms with E-state index in [4.69, 9.17) is 5.11 Å². The van der Waals surface area contributed by atoms with Crippen molar-refractivity contribution in [2.45, 2.75) is 25.7 Å². The molecule has 2 rings (SSSR count). The third-order valence-electron chi connectivity index (χ3n) is 3.28. The van der Waals surface area contributed by atoms with E-state index < -0.39 is 5.97 Å². The third-order valence-corrected chi connectivity index (χ3v) is 3.28. The zero-order valence-electron chi connectivity index (χ0n) is 9.93. The highest BCUT2D eigenvalue weighted by Gasteiger charge is 2.33. The normalized spacial score (nSPS) is 22.9. The van der Waals surface area contributed by atoms with E-state index in [0.717, 1.165) is 5.82 Å². The lowest BCUT2D eigenvalue weighted by Crippen LogP contribution is -2.31. The Morgan fingerprint density at radius 2 is 2.22 bits per heavy atom. The molecule has 3 N–H and O–H groups in total. The monoisotopic (exact) mass is 252 g/mol. The average Bonchev–Trinajstić information content (AvgIpc) is 2.99. The predicted molar refractivity (Wildman–Crippen MR) is 61.6 cm³/mol. The summed E-state index contributed by atoms with van der Waals surface area (Å²) >= 11 is 0. The molecule has 0 aliphatic heterocycles. The number of carboxylic acids is 1. The maximum atomic E-state index is 11.8. The number of hydrogen-bond acceptors (Lipinski definition) is 4. The van der Waals surface area contributed by atoms with Crippen LogP contribution in [0.25, 0.3) is 0 Å². The van der Waals surface area contributed by atoms with Crippen LogP contribution in [0, 0.1) is 11.8 Å². The highest BCUT2D eigenvalue weighted by Crippen LogP contribution is 2.30. The molecule has 0 aromatic carbocycles. The highest BCUT2D eigenvalue weighted by atomic mass is 16.4. The Morgan fingerprint density at radius 3 is 2.83 bits per heavy atom. The lowest BCUT2D eigenvalue weighted by Gasteiger charge is -2.09. The first-order valence-corrected chi connectivity index (χ1v) is 6.01. The largest absolute Gasteiger partial charge is 0.481 e. The van der Waals surface area contributed by atoms with Crippen LogP contribution in [0.2, 0.25) is 0 Å².